The van der Waals surface area contributed by atoms with Crippen LogP contribution in [0.2, 0.25) is 0 Å². The lowest BCUT2D eigenvalue weighted by molar-refractivity contribution is 0.0954. The van der Waals surface area contributed by atoms with Gasteiger partial charge in [0, 0.05) is 12.6 Å². The molecule has 0 saturated carbocycles. The summed E-state index contributed by atoms with van der Waals surface area (Å²) in [4.78, 5) is 13.1. The molecule has 0 radical (unpaired) electrons. The number of hydrogen-bond donors (Lipinski definition) is 2. The summed E-state index contributed by atoms with van der Waals surface area (Å²) in [6.07, 6.45) is 0.807. The molecule has 0 bridgehead atoms. The fourth-order valence-corrected chi connectivity index (χ4v) is 4.95. The van der Waals surface area contributed by atoms with E-state index in [-0.39, 0.29) is 17.7 Å². The Bertz CT molecular complexity index is 826. The fourth-order valence-electron chi connectivity index (χ4n) is 2.55. The van der Waals surface area contributed by atoms with Crippen LogP contribution < -0.4 is 10.0 Å². The van der Waals surface area contributed by atoms with Crippen molar-refractivity contribution in [1.29, 1.82) is 0 Å². The Kier molecular flexibility index (Phi) is 6.75. The Morgan fingerprint density at radius 3 is 2.44 bits per heavy atom. The van der Waals surface area contributed by atoms with E-state index >= 15 is 0 Å². The van der Waals surface area contributed by atoms with E-state index in [4.69, 9.17) is 0 Å². The molecule has 25 heavy (non-hydrogen) atoms. The zero-order valence-electron chi connectivity index (χ0n) is 14.7. The van der Waals surface area contributed by atoms with Crippen LogP contribution in [0.1, 0.15) is 47.1 Å². The largest absolute Gasteiger partial charge is 0.347 e. The van der Waals surface area contributed by atoms with Gasteiger partial charge in [-0.1, -0.05) is 31.2 Å². The number of carbonyl (C=O) groups is 1. The maximum atomic E-state index is 12.4. The molecule has 0 aliphatic rings. The minimum atomic E-state index is -3.41. The second-order valence-electron chi connectivity index (χ2n) is 6.11. The minimum Gasteiger partial charge on any atom is -0.347 e. The van der Waals surface area contributed by atoms with Crippen LogP contribution in [0.25, 0.3) is 0 Å². The Labute approximate surface area is 153 Å². The van der Waals surface area contributed by atoms with E-state index in [1.807, 2.05) is 30.5 Å². The summed E-state index contributed by atoms with van der Waals surface area (Å²) in [6, 6.07) is 9.08. The summed E-state index contributed by atoms with van der Waals surface area (Å²) in [5.41, 5.74) is 2.52. The second-order valence-corrected chi connectivity index (χ2v) is 8.78. The van der Waals surface area contributed by atoms with E-state index in [1.165, 1.54) is 11.3 Å². The molecule has 0 spiro atoms. The first kappa shape index (κ1) is 19.6. The van der Waals surface area contributed by atoms with Crippen LogP contribution in [0.15, 0.2) is 35.7 Å². The number of amides is 1. The molecule has 1 aromatic carbocycles. The number of hydrogen-bond acceptors (Lipinski definition) is 4. The quantitative estimate of drug-likeness (QED) is 0.739. The first-order valence-corrected chi connectivity index (χ1v) is 10.8. The van der Waals surface area contributed by atoms with Gasteiger partial charge in [-0.05, 0) is 48.4 Å². The van der Waals surface area contributed by atoms with Gasteiger partial charge < -0.3 is 5.32 Å². The second kappa shape index (κ2) is 8.60. The van der Waals surface area contributed by atoms with E-state index in [0.29, 0.717) is 17.0 Å². The first-order chi connectivity index (χ1) is 11.8. The highest BCUT2D eigenvalue weighted by atomic mass is 32.2. The van der Waals surface area contributed by atoms with Gasteiger partial charge in [0.25, 0.3) is 5.91 Å². The molecule has 0 atom stereocenters. The zero-order chi connectivity index (χ0) is 18.4. The lowest BCUT2D eigenvalue weighted by Crippen LogP contribution is -2.31. The average molecular weight is 381 g/mol. The highest BCUT2D eigenvalue weighted by molar-refractivity contribution is 7.88. The van der Waals surface area contributed by atoms with Gasteiger partial charge in [-0.2, -0.15) is 0 Å². The molecule has 136 valence electrons. The van der Waals surface area contributed by atoms with Crippen LogP contribution in [0.4, 0.5) is 0 Å². The molecule has 2 N–H and O–H groups in total. The summed E-state index contributed by atoms with van der Waals surface area (Å²) in [7, 11) is -3.41. The topological polar surface area (TPSA) is 75.3 Å². The van der Waals surface area contributed by atoms with Crippen LogP contribution in [0.3, 0.4) is 0 Å². The average Bonchev–Trinajstić information content (AvgIpc) is 3.00. The summed E-state index contributed by atoms with van der Waals surface area (Å²) in [5, 5.41) is 4.81. The van der Waals surface area contributed by atoms with Crippen LogP contribution in [-0.4, -0.2) is 20.4 Å². The summed E-state index contributed by atoms with van der Waals surface area (Å²) in [5.74, 6) is -0.221. The first-order valence-electron chi connectivity index (χ1n) is 8.23. The zero-order valence-corrected chi connectivity index (χ0v) is 16.3. The highest BCUT2D eigenvalue weighted by Gasteiger charge is 2.16. The number of benzene rings is 1. The van der Waals surface area contributed by atoms with Crippen molar-refractivity contribution >= 4 is 27.3 Å². The Morgan fingerprint density at radius 1 is 1.12 bits per heavy atom. The summed E-state index contributed by atoms with van der Waals surface area (Å²) < 4.78 is 26.9. The molecule has 0 aliphatic heterocycles. The molecule has 2 aromatic rings. The predicted molar refractivity (Wildman–Crippen MR) is 102 cm³/mol. The number of carbonyl (C=O) groups excluding carboxylic acids is 1. The Morgan fingerprint density at radius 2 is 1.80 bits per heavy atom. The molecule has 1 amide bonds. The van der Waals surface area contributed by atoms with Crippen molar-refractivity contribution in [2.45, 2.75) is 45.5 Å². The normalized spacial score (nSPS) is 11.7. The van der Waals surface area contributed by atoms with E-state index in [9.17, 15) is 13.2 Å². The molecule has 1 aromatic heterocycles. The summed E-state index contributed by atoms with van der Waals surface area (Å²) >= 11 is 1.42. The van der Waals surface area contributed by atoms with Gasteiger partial charge in [0.15, 0.2) is 0 Å². The molecular weight excluding hydrogens is 356 g/mol. The molecule has 5 nitrogen and oxygen atoms in total. The van der Waals surface area contributed by atoms with Crippen LogP contribution in [0.5, 0.6) is 0 Å². The molecule has 0 aliphatic carbocycles. The molecule has 1 heterocycles. The molecule has 2 rings (SSSR count). The molecule has 0 saturated heterocycles. The number of thiophene rings is 1. The van der Waals surface area contributed by atoms with E-state index in [1.54, 1.807) is 26.0 Å². The summed E-state index contributed by atoms with van der Waals surface area (Å²) in [6.45, 7) is 5.89. The van der Waals surface area contributed by atoms with Gasteiger partial charge in [-0.3, -0.25) is 4.79 Å². The standard InChI is InChI=1S/C18H24N2O3S2/c1-4-14-9-10-24-17(14)18(21)19-11-15-7-5-6-8-16(15)12-25(22,23)20-13(2)3/h5-10,13,20H,4,11-12H2,1-3H3,(H,19,21). The lowest BCUT2D eigenvalue weighted by atomic mass is 10.1. The van der Waals surface area contributed by atoms with Crippen molar-refractivity contribution in [3.8, 4) is 0 Å². The Balaban J connectivity index is 2.09. The van der Waals surface area contributed by atoms with Crippen LogP contribution >= 0.6 is 11.3 Å². The third-order valence-corrected chi connectivity index (χ3v) is 6.13. The highest BCUT2D eigenvalue weighted by Crippen LogP contribution is 2.18. The SMILES string of the molecule is CCc1ccsc1C(=O)NCc1ccccc1CS(=O)(=O)NC(C)C. The van der Waals surface area contributed by atoms with Crippen LogP contribution in [0, 0.1) is 0 Å². The van der Waals surface area contributed by atoms with Gasteiger partial charge >= 0.3 is 0 Å². The van der Waals surface area contributed by atoms with E-state index in [2.05, 4.69) is 10.0 Å². The van der Waals surface area contributed by atoms with E-state index in [0.717, 1.165) is 17.5 Å². The van der Waals surface area contributed by atoms with Gasteiger partial charge in [0.05, 0.1) is 10.6 Å². The molecule has 0 unspecified atom stereocenters. The predicted octanol–water partition coefficient (Wildman–Crippen LogP) is 3.07. The van der Waals surface area contributed by atoms with Crippen molar-refractivity contribution in [3.05, 3.63) is 57.3 Å². The maximum absolute atomic E-state index is 12.4. The number of aryl methyl sites for hydroxylation is 1. The van der Waals surface area contributed by atoms with Gasteiger partial charge in [0.2, 0.25) is 10.0 Å². The smallest absolute Gasteiger partial charge is 0.261 e. The van der Waals surface area contributed by atoms with Crippen molar-refractivity contribution in [1.82, 2.24) is 10.0 Å². The third-order valence-electron chi connectivity index (χ3n) is 3.65. The lowest BCUT2D eigenvalue weighted by Gasteiger charge is -2.13. The maximum Gasteiger partial charge on any atom is 0.261 e. The van der Waals surface area contributed by atoms with Crippen molar-refractivity contribution in [2.24, 2.45) is 0 Å². The van der Waals surface area contributed by atoms with Gasteiger partial charge in [-0.25, -0.2) is 13.1 Å². The number of rotatable bonds is 8. The monoisotopic (exact) mass is 380 g/mol. The molecule has 0 fully saturated rings. The van der Waals surface area contributed by atoms with Crippen molar-refractivity contribution in [3.63, 3.8) is 0 Å². The molecule has 7 heteroatoms. The van der Waals surface area contributed by atoms with Crippen molar-refractivity contribution < 1.29 is 13.2 Å². The number of nitrogens with one attached hydrogen (secondary N) is 2. The van der Waals surface area contributed by atoms with Gasteiger partial charge in [-0.15, -0.1) is 11.3 Å². The minimum absolute atomic E-state index is 0.101. The van der Waals surface area contributed by atoms with Crippen LogP contribution in [-0.2, 0) is 28.7 Å². The van der Waals surface area contributed by atoms with E-state index < -0.39 is 10.0 Å². The fraction of sp³-hybridized carbons (Fsp3) is 0.389. The Hall–Kier alpha value is -1.70. The number of sulfonamides is 1. The third kappa shape index (κ3) is 5.66. The molecular formula is C18H24N2O3S2. The van der Waals surface area contributed by atoms with Crippen molar-refractivity contribution in [2.75, 3.05) is 0 Å². The van der Waals surface area contributed by atoms with Gasteiger partial charge in [0.1, 0.15) is 0 Å².